The molecule has 0 aliphatic rings. The zero-order chi connectivity index (χ0) is 12.8. The first kappa shape index (κ1) is 12.7. The highest BCUT2D eigenvalue weighted by Crippen LogP contribution is 2.15. The van der Waals surface area contributed by atoms with Gasteiger partial charge >= 0.3 is 0 Å². The van der Waals surface area contributed by atoms with E-state index in [0.29, 0.717) is 25.2 Å². The Hall–Kier alpha value is -1.76. The Morgan fingerprint density at radius 1 is 1.39 bits per heavy atom. The van der Waals surface area contributed by atoms with Crippen LogP contribution in [0.15, 0.2) is 28.7 Å². The van der Waals surface area contributed by atoms with Crippen molar-refractivity contribution >= 4 is 21.8 Å². The molecule has 2 aromatic rings. The number of nitrogens with one attached hydrogen (secondary N) is 2. The van der Waals surface area contributed by atoms with E-state index in [1.165, 1.54) is 0 Å². The van der Waals surface area contributed by atoms with Crippen LogP contribution in [0.2, 0.25) is 0 Å². The summed E-state index contributed by atoms with van der Waals surface area (Å²) in [5, 5.41) is 16.2. The molecule has 0 aliphatic heterocycles. The van der Waals surface area contributed by atoms with Crippen LogP contribution in [0.3, 0.4) is 0 Å². The number of amides is 1. The minimum atomic E-state index is -0.0228. The minimum absolute atomic E-state index is 0.0228. The molecule has 2 rings (SSSR count). The number of nitrogens with zero attached hydrogens (tertiary/aromatic N) is 3. The normalized spacial score (nSPS) is 10.3. The predicted molar refractivity (Wildman–Crippen MR) is 68.7 cm³/mol. The summed E-state index contributed by atoms with van der Waals surface area (Å²) in [6, 6.07) is 7.67. The monoisotopic (exact) mass is 309 g/mol. The maximum absolute atomic E-state index is 11.7. The predicted octanol–water partition coefficient (Wildman–Crippen LogP) is 0.864. The van der Waals surface area contributed by atoms with Gasteiger partial charge in [0.05, 0.1) is 6.42 Å². The van der Waals surface area contributed by atoms with Crippen molar-refractivity contribution in [2.24, 2.45) is 0 Å². The molecule has 0 saturated heterocycles. The zero-order valence-corrected chi connectivity index (χ0v) is 11.1. The van der Waals surface area contributed by atoms with E-state index >= 15 is 0 Å². The fourth-order valence-electron chi connectivity index (χ4n) is 1.48. The van der Waals surface area contributed by atoms with Crippen molar-refractivity contribution in [3.8, 4) is 0 Å². The number of hydrogen-bond donors (Lipinski definition) is 2. The molecule has 1 aromatic heterocycles. The van der Waals surface area contributed by atoms with Crippen molar-refractivity contribution in [3.05, 3.63) is 40.1 Å². The van der Waals surface area contributed by atoms with Crippen LogP contribution in [0.25, 0.3) is 0 Å². The third-order valence-electron chi connectivity index (χ3n) is 2.37. The van der Waals surface area contributed by atoms with Crippen LogP contribution < -0.4 is 5.32 Å². The van der Waals surface area contributed by atoms with Gasteiger partial charge < -0.3 is 5.32 Å². The van der Waals surface area contributed by atoms with Crippen LogP contribution in [0.1, 0.15) is 11.4 Å². The molecule has 0 atom stereocenters. The second-order valence-corrected chi connectivity index (χ2v) is 4.55. The number of carbonyl (C=O) groups is 1. The van der Waals surface area contributed by atoms with Gasteiger partial charge in [0, 0.05) is 17.4 Å². The first-order valence-corrected chi connectivity index (χ1v) is 6.27. The number of halogens is 1. The Morgan fingerprint density at radius 2 is 2.22 bits per heavy atom. The van der Waals surface area contributed by atoms with Gasteiger partial charge in [0.2, 0.25) is 5.91 Å². The lowest BCUT2D eigenvalue weighted by Crippen LogP contribution is -2.27. The third-order valence-corrected chi connectivity index (χ3v) is 3.14. The average molecular weight is 310 g/mol. The molecule has 18 heavy (non-hydrogen) atoms. The summed E-state index contributed by atoms with van der Waals surface area (Å²) >= 11 is 3.41. The molecule has 0 radical (unpaired) electrons. The lowest BCUT2D eigenvalue weighted by Gasteiger charge is -2.05. The third kappa shape index (κ3) is 3.63. The number of aromatic amines is 1. The summed E-state index contributed by atoms with van der Waals surface area (Å²) in [6.07, 6.45) is 0.922. The Morgan fingerprint density at radius 3 is 2.94 bits per heavy atom. The van der Waals surface area contributed by atoms with Gasteiger partial charge in [-0.25, -0.2) is 0 Å². The Kier molecular flexibility index (Phi) is 4.40. The van der Waals surface area contributed by atoms with Crippen LogP contribution in [0.4, 0.5) is 0 Å². The van der Waals surface area contributed by atoms with Crippen molar-refractivity contribution in [2.45, 2.75) is 12.8 Å². The maximum atomic E-state index is 11.7. The first-order valence-electron chi connectivity index (χ1n) is 5.48. The van der Waals surface area contributed by atoms with Gasteiger partial charge in [-0.15, -0.1) is 10.2 Å². The number of aromatic nitrogens is 4. The SMILES string of the molecule is O=C(Cc1ccccc1Br)NCCc1nn[nH]n1. The standard InChI is InChI=1S/C11H12BrN5O/c12-9-4-2-1-3-8(9)7-11(18)13-6-5-10-14-16-17-15-10/h1-4H,5-7H2,(H,13,18)(H,14,15,16,17). The second-order valence-electron chi connectivity index (χ2n) is 3.70. The number of hydrogen-bond acceptors (Lipinski definition) is 4. The number of H-pyrrole nitrogens is 1. The highest BCUT2D eigenvalue weighted by molar-refractivity contribution is 9.10. The van der Waals surface area contributed by atoms with E-state index < -0.39 is 0 Å². The molecule has 0 bridgehead atoms. The van der Waals surface area contributed by atoms with Crippen LogP contribution in [0.5, 0.6) is 0 Å². The fourth-order valence-corrected chi connectivity index (χ4v) is 1.90. The molecule has 1 aromatic carbocycles. The van der Waals surface area contributed by atoms with Gasteiger partial charge in [0.1, 0.15) is 0 Å². The van der Waals surface area contributed by atoms with Crippen molar-refractivity contribution in [3.63, 3.8) is 0 Å². The molecular weight excluding hydrogens is 298 g/mol. The first-order chi connectivity index (χ1) is 8.75. The van der Waals surface area contributed by atoms with Crippen molar-refractivity contribution < 1.29 is 4.79 Å². The molecule has 0 aliphatic carbocycles. The zero-order valence-electron chi connectivity index (χ0n) is 9.56. The van der Waals surface area contributed by atoms with E-state index in [1.807, 2.05) is 24.3 Å². The van der Waals surface area contributed by atoms with E-state index in [-0.39, 0.29) is 5.91 Å². The topological polar surface area (TPSA) is 83.6 Å². The second kappa shape index (κ2) is 6.25. The van der Waals surface area contributed by atoms with Crippen LogP contribution in [-0.4, -0.2) is 33.1 Å². The van der Waals surface area contributed by atoms with Gasteiger partial charge in [-0.05, 0) is 11.6 Å². The Labute approximate surface area is 112 Å². The fraction of sp³-hybridized carbons (Fsp3) is 0.273. The smallest absolute Gasteiger partial charge is 0.224 e. The van der Waals surface area contributed by atoms with Crippen molar-refractivity contribution in [1.82, 2.24) is 25.9 Å². The minimum Gasteiger partial charge on any atom is -0.355 e. The molecule has 94 valence electrons. The number of tetrazole rings is 1. The molecule has 2 N–H and O–H groups in total. The molecular formula is C11H12BrN5O. The summed E-state index contributed by atoms with van der Waals surface area (Å²) in [4.78, 5) is 11.7. The number of benzene rings is 1. The largest absolute Gasteiger partial charge is 0.355 e. The summed E-state index contributed by atoms with van der Waals surface area (Å²) < 4.78 is 0.943. The molecule has 0 spiro atoms. The highest BCUT2D eigenvalue weighted by Gasteiger charge is 2.06. The summed E-state index contributed by atoms with van der Waals surface area (Å²) in [5.74, 6) is 0.571. The number of carbonyl (C=O) groups excluding carboxylic acids is 1. The average Bonchev–Trinajstić information content (AvgIpc) is 2.85. The van der Waals surface area contributed by atoms with Gasteiger partial charge in [-0.3, -0.25) is 4.79 Å². The van der Waals surface area contributed by atoms with Gasteiger partial charge in [0.25, 0.3) is 0 Å². The summed E-state index contributed by atoms with van der Waals surface area (Å²) in [5.41, 5.74) is 0.967. The van der Waals surface area contributed by atoms with E-state index in [2.05, 4.69) is 41.9 Å². The van der Waals surface area contributed by atoms with Crippen LogP contribution >= 0.6 is 15.9 Å². The molecule has 0 unspecified atom stereocenters. The molecule has 0 saturated carbocycles. The van der Waals surface area contributed by atoms with E-state index in [0.717, 1.165) is 10.0 Å². The van der Waals surface area contributed by atoms with E-state index in [9.17, 15) is 4.79 Å². The van der Waals surface area contributed by atoms with Crippen molar-refractivity contribution in [2.75, 3.05) is 6.54 Å². The number of rotatable bonds is 5. The quantitative estimate of drug-likeness (QED) is 0.858. The molecule has 7 heteroatoms. The summed E-state index contributed by atoms with van der Waals surface area (Å²) in [7, 11) is 0. The van der Waals surface area contributed by atoms with Crippen LogP contribution in [-0.2, 0) is 17.6 Å². The van der Waals surface area contributed by atoms with E-state index in [4.69, 9.17) is 0 Å². The molecule has 1 amide bonds. The van der Waals surface area contributed by atoms with Crippen molar-refractivity contribution in [1.29, 1.82) is 0 Å². The van der Waals surface area contributed by atoms with Gasteiger partial charge in [-0.2, -0.15) is 5.21 Å². The summed E-state index contributed by atoms with van der Waals surface area (Å²) in [6.45, 7) is 0.503. The van der Waals surface area contributed by atoms with Crippen LogP contribution in [0, 0.1) is 0 Å². The molecule has 0 fully saturated rings. The lowest BCUT2D eigenvalue weighted by molar-refractivity contribution is -0.120. The Balaban J connectivity index is 1.77. The highest BCUT2D eigenvalue weighted by atomic mass is 79.9. The molecule has 6 nitrogen and oxygen atoms in total. The van der Waals surface area contributed by atoms with Gasteiger partial charge in [-0.1, -0.05) is 39.3 Å². The van der Waals surface area contributed by atoms with Gasteiger partial charge in [0.15, 0.2) is 5.82 Å². The van der Waals surface area contributed by atoms with E-state index in [1.54, 1.807) is 0 Å². The lowest BCUT2D eigenvalue weighted by atomic mass is 10.1. The Bertz CT molecular complexity index is 514. The molecule has 1 heterocycles. The maximum Gasteiger partial charge on any atom is 0.224 e.